The van der Waals surface area contributed by atoms with E-state index in [-0.39, 0.29) is 6.61 Å². The molecule has 0 spiro atoms. The van der Waals surface area contributed by atoms with Crippen molar-refractivity contribution in [1.82, 2.24) is 4.98 Å². The molecule has 1 aromatic heterocycles. The number of nitrogens with zero attached hydrogens (tertiary/aromatic N) is 2. The second-order valence-electron chi connectivity index (χ2n) is 4.51. The molecule has 0 bridgehead atoms. The Morgan fingerprint density at radius 3 is 2.75 bits per heavy atom. The Kier molecular flexibility index (Phi) is 4.74. The molecule has 0 aliphatic rings. The standard InChI is InChI=1S/C13H22N2O/c1-5-10(2)8-15(4)13-6-11(3)14-7-12(13)9-16/h6-7,10,16H,5,8-9H2,1-4H3. The van der Waals surface area contributed by atoms with Crippen LogP contribution in [0.25, 0.3) is 0 Å². The van der Waals surface area contributed by atoms with Crippen LogP contribution in [0.5, 0.6) is 0 Å². The van der Waals surface area contributed by atoms with Gasteiger partial charge in [0.1, 0.15) is 0 Å². The molecule has 3 heteroatoms. The lowest BCUT2D eigenvalue weighted by atomic mass is 10.1. The van der Waals surface area contributed by atoms with Crippen LogP contribution in [-0.4, -0.2) is 23.7 Å². The first-order valence-electron chi connectivity index (χ1n) is 5.86. The number of rotatable bonds is 5. The van der Waals surface area contributed by atoms with Crippen LogP contribution in [-0.2, 0) is 6.61 Å². The summed E-state index contributed by atoms with van der Waals surface area (Å²) in [5.74, 6) is 0.657. The third-order valence-corrected chi connectivity index (χ3v) is 2.96. The van der Waals surface area contributed by atoms with Crippen LogP contribution >= 0.6 is 0 Å². The molecule has 0 saturated carbocycles. The smallest absolute Gasteiger partial charge is 0.0717 e. The van der Waals surface area contributed by atoms with Crippen LogP contribution in [0.1, 0.15) is 31.5 Å². The molecule has 0 amide bonds. The van der Waals surface area contributed by atoms with Crippen LogP contribution in [0, 0.1) is 12.8 Å². The number of aryl methyl sites for hydroxylation is 1. The molecule has 0 aromatic carbocycles. The molecule has 0 saturated heterocycles. The van der Waals surface area contributed by atoms with Gasteiger partial charge in [0, 0.05) is 36.7 Å². The maximum atomic E-state index is 9.28. The Morgan fingerprint density at radius 1 is 1.50 bits per heavy atom. The Morgan fingerprint density at radius 2 is 2.19 bits per heavy atom. The van der Waals surface area contributed by atoms with Crippen molar-refractivity contribution in [3.8, 4) is 0 Å². The van der Waals surface area contributed by atoms with Crippen molar-refractivity contribution >= 4 is 5.69 Å². The summed E-state index contributed by atoms with van der Waals surface area (Å²) in [7, 11) is 2.07. The van der Waals surface area contributed by atoms with E-state index >= 15 is 0 Å². The minimum Gasteiger partial charge on any atom is -0.392 e. The highest BCUT2D eigenvalue weighted by molar-refractivity contribution is 5.52. The Labute approximate surface area is 98.1 Å². The van der Waals surface area contributed by atoms with E-state index in [4.69, 9.17) is 0 Å². The van der Waals surface area contributed by atoms with Gasteiger partial charge in [0.05, 0.1) is 6.61 Å². The van der Waals surface area contributed by atoms with Crippen LogP contribution in [0.4, 0.5) is 5.69 Å². The van der Waals surface area contributed by atoms with E-state index in [1.807, 2.05) is 13.0 Å². The molecule has 1 unspecified atom stereocenters. The lowest BCUT2D eigenvalue weighted by molar-refractivity contribution is 0.281. The van der Waals surface area contributed by atoms with E-state index in [0.717, 1.165) is 23.5 Å². The summed E-state index contributed by atoms with van der Waals surface area (Å²) in [6.45, 7) is 7.47. The average Bonchev–Trinajstić information content (AvgIpc) is 2.28. The van der Waals surface area contributed by atoms with Crippen LogP contribution < -0.4 is 4.90 Å². The predicted octanol–water partition coefficient (Wildman–Crippen LogP) is 2.36. The predicted molar refractivity (Wildman–Crippen MR) is 67.6 cm³/mol. The molecule has 0 fully saturated rings. The fraction of sp³-hybridized carbons (Fsp3) is 0.615. The number of aliphatic hydroxyl groups excluding tert-OH is 1. The first-order chi connectivity index (χ1) is 7.58. The van der Waals surface area contributed by atoms with Crippen molar-refractivity contribution in [3.63, 3.8) is 0 Å². The summed E-state index contributed by atoms with van der Waals surface area (Å²) in [5, 5.41) is 9.28. The molecule has 1 N–H and O–H groups in total. The summed E-state index contributed by atoms with van der Waals surface area (Å²) >= 11 is 0. The highest BCUT2D eigenvalue weighted by atomic mass is 16.3. The molecule has 0 radical (unpaired) electrons. The summed E-state index contributed by atoms with van der Waals surface area (Å²) in [6.07, 6.45) is 2.93. The molecule has 0 aliphatic carbocycles. The van der Waals surface area contributed by atoms with E-state index in [9.17, 15) is 5.11 Å². The monoisotopic (exact) mass is 222 g/mol. The van der Waals surface area contributed by atoms with Gasteiger partial charge in [0.2, 0.25) is 0 Å². The van der Waals surface area contributed by atoms with E-state index < -0.39 is 0 Å². The lowest BCUT2D eigenvalue weighted by Crippen LogP contribution is -2.25. The minimum absolute atomic E-state index is 0.0491. The summed E-state index contributed by atoms with van der Waals surface area (Å²) in [5.41, 5.74) is 2.98. The van der Waals surface area contributed by atoms with E-state index in [1.165, 1.54) is 6.42 Å². The van der Waals surface area contributed by atoms with E-state index in [1.54, 1.807) is 6.20 Å². The topological polar surface area (TPSA) is 36.4 Å². The molecule has 0 aliphatic heterocycles. The Balaban J connectivity index is 2.88. The Hall–Kier alpha value is -1.09. The largest absolute Gasteiger partial charge is 0.392 e. The summed E-state index contributed by atoms with van der Waals surface area (Å²) in [6, 6.07) is 2.04. The quantitative estimate of drug-likeness (QED) is 0.831. The zero-order valence-electron chi connectivity index (χ0n) is 10.7. The zero-order chi connectivity index (χ0) is 12.1. The highest BCUT2D eigenvalue weighted by Gasteiger charge is 2.10. The molecule has 3 nitrogen and oxygen atoms in total. The van der Waals surface area contributed by atoms with Crippen molar-refractivity contribution in [2.45, 2.75) is 33.8 Å². The molecular formula is C13H22N2O. The fourth-order valence-corrected chi connectivity index (χ4v) is 1.75. The van der Waals surface area contributed by atoms with Gasteiger partial charge in [-0.2, -0.15) is 0 Å². The van der Waals surface area contributed by atoms with Crippen molar-refractivity contribution in [1.29, 1.82) is 0 Å². The van der Waals surface area contributed by atoms with Crippen molar-refractivity contribution in [3.05, 3.63) is 23.5 Å². The summed E-state index contributed by atoms with van der Waals surface area (Å²) < 4.78 is 0. The number of hydrogen-bond acceptors (Lipinski definition) is 3. The first kappa shape index (κ1) is 13.0. The molecule has 1 atom stereocenters. The first-order valence-corrected chi connectivity index (χ1v) is 5.86. The van der Waals surface area contributed by atoms with Gasteiger partial charge >= 0.3 is 0 Å². The van der Waals surface area contributed by atoms with Gasteiger partial charge in [0.15, 0.2) is 0 Å². The maximum absolute atomic E-state index is 9.28. The van der Waals surface area contributed by atoms with Crippen molar-refractivity contribution in [2.24, 2.45) is 5.92 Å². The van der Waals surface area contributed by atoms with Gasteiger partial charge in [-0.3, -0.25) is 4.98 Å². The number of aromatic nitrogens is 1. The van der Waals surface area contributed by atoms with Crippen LogP contribution in [0.15, 0.2) is 12.3 Å². The Bertz CT molecular complexity index is 339. The number of aliphatic hydroxyl groups is 1. The molecule has 1 rings (SSSR count). The van der Waals surface area contributed by atoms with Gasteiger partial charge in [-0.25, -0.2) is 0 Å². The van der Waals surface area contributed by atoms with Crippen molar-refractivity contribution < 1.29 is 5.11 Å². The third kappa shape index (κ3) is 3.20. The van der Waals surface area contributed by atoms with Gasteiger partial charge in [-0.1, -0.05) is 20.3 Å². The van der Waals surface area contributed by atoms with Crippen LogP contribution in [0.2, 0.25) is 0 Å². The van der Waals surface area contributed by atoms with Crippen molar-refractivity contribution in [2.75, 3.05) is 18.5 Å². The number of hydrogen-bond donors (Lipinski definition) is 1. The number of anilines is 1. The molecule has 90 valence electrons. The highest BCUT2D eigenvalue weighted by Crippen LogP contribution is 2.21. The molecular weight excluding hydrogens is 200 g/mol. The molecule has 16 heavy (non-hydrogen) atoms. The maximum Gasteiger partial charge on any atom is 0.0717 e. The van der Waals surface area contributed by atoms with E-state index in [2.05, 4.69) is 30.8 Å². The molecule has 1 aromatic rings. The third-order valence-electron chi connectivity index (χ3n) is 2.96. The van der Waals surface area contributed by atoms with E-state index in [0.29, 0.717) is 5.92 Å². The summed E-state index contributed by atoms with van der Waals surface area (Å²) in [4.78, 5) is 6.41. The van der Waals surface area contributed by atoms with Gasteiger partial charge in [-0.05, 0) is 18.9 Å². The average molecular weight is 222 g/mol. The molecule has 1 heterocycles. The lowest BCUT2D eigenvalue weighted by Gasteiger charge is -2.25. The second-order valence-corrected chi connectivity index (χ2v) is 4.51. The van der Waals surface area contributed by atoms with Gasteiger partial charge in [0.25, 0.3) is 0 Å². The zero-order valence-corrected chi connectivity index (χ0v) is 10.7. The fourth-order valence-electron chi connectivity index (χ4n) is 1.75. The van der Waals surface area contributed by atoms with Crippen LogP contribution in [0.3, 0.4) is 0 Å². The van der Waals surface area contributed by atoms with Gasteiger partial charge < -0.3 is 10.0 Å². The van der Waals surface area contributed by atoms with Gasteiger partial charge in [-0.15, -0.1) is 0 Å². The normalized spacial score (nSPS) is 12.6. The number of pyridine rings is 1. The SMILES string of the molecule is CCC(C)CN(C)c1cc(C)ncc1CO. The minimum atomic E-state index is 0.0491. The second kappa shape index (κ2) is 5.85.